The molecule has 2 heterocycles. The van der Waals surface area contributed by atoms with E-state index in [2.05, 4.69) is 10.3 Å². The molecule has 1 aliphatic rings. The summed E-state index contributed by atoms with van der Waals surface area (Å²) in [4.78, 5) is 17.4. The van der Waals surface area contributed by atoms with Gasteiger partial charge in [0.05, 0.1) is 10.9 Å². The number of sulfonamides is 1. The molecule has 134 valence electrons. The SMILES string of the molecule is CC(C)S(=O)(=O)N1CCc2nc(NC(=O)c3cccc(F)c3)sc2C1. The van der Waals surface area contributed by atoms with Crippen molar-refractivity contribution in [1.29, 1.82) is 0 Å². The molecule has 1 N–H and O–H groups in total. The van der Waals surface area contributed by atoms with E-state index in [1.54, 1.807) is 13.8 Å². The highest BCUT2D eigenvalue weighted by molar-refractivity contribution is 7.89. The third-order valence-corrected chi connectivity index (χ3v) is 7.18. The Hall–Kier alpha value is -1.84. The maximum absolute atomic E-state index is 13.2. The molecule has 0 saturated heterocycles. The molecule has 25 heavy (non-hydrogen) atoms. The van der Waals surface area contributed by atoms with E-state index in [0.29, 0.717) is 18.1 Å². The van der Waals surface area contributed by atoms with Gasteiger partial charge in [0.1, 0.15) is 5.82 Å². The van der Waals surface area contributed by atoms with Crippen LogP contribution in [-0.2, 0) is 23.0 Å². The van der Waals surface area contributed by atoms with E-state index in [-0.39, 0.29) is 12.1 Å². The molecule has 6 nitrogen and oxygen atoms in total. The molecular weight excluding hydrogens is 365 g/mol. The van der Waals surface area contributed by atoms with Crippen LogP contribution in [0, 0.1) is 5.82 Å². The molecule has 1 amide bonds. The van der Waals surface area contributed by atoms with Gasteiger partial charge in [-0.15, -0.1) is 11.3 Å². The van der Waals surface area contributed by atoms with Gasteiger partial charge in [-0.05, 0) is 32.0 Å². The van der Waals surface area contributed by atoms with E-state index in [1.165, 1.54) is 33.8 Å². The molecular formula is C16H18FN3O3S2. The molecule has 1 aromatic carbocycles. The van der Waals surface area contributed by atoms with E-state index in [4.69, 9.17) is 0 Å². The average Bonchev–Trinajstić information content (AvgIpc) is 2.95. The highest BCUT2D eigenvalue weighted by Gasteiger charge is 2.31. The van der Waals surface area contributed by atoms with E-state index in [1.807, 2.05) is 0 Å². The Bertz CT molecular complexity index is 909. The van der Waals surface area contributed by atoms with Gasteiger partial charge in [-0.25, -0.2) is 17.8 Å². The number of hydrogen-bond donors (Lipinski definition) is 1. The molecule has 9 heteroatoms. The number of thiazole rings is 1. The van der Waals surface area contributed by atoms with Crippen LogP contribution in [0.25, 0.3) is 0 Å². The third-order valence-electron chi connectivity index (χ3n) is 3.96. The van der Waals surface area contributed by atoms with Crippen LogP contribution >= 0.6 is 11.3 Å². The molecule has 0 unspecified atom stereocenters. The fourth-order valence-corrected chi connectivity index (χ4v) is 4.89. The fraction of sp³-hybridized carbons (Fsp3) is 0.375. The lowest BCUT2D eigenvalue weighted by Crippen LogP contribution is -2.39. The Morgan fingerprint density at radius 2 is 2.16 bits per heavy atom. The summed E-state index contributed by atoms with van der Waals surface area (Å²) in [7, 11) is -3.32. The topological polar surface area (TPSA) is 79.4 Å². The maximum atomic E-state index is 13.2. The second-order valence-electron chi connectivity index (χ2n) is 6.03. The highest BCUT2D eigenvalue weighted by Crippen LogP contribution is 2.30. The van der Waals surface area contributed by atoms with E-state index in [9.17, 15) is 17.6 Å². The largest absolute Gasteiger partial charge is 0.298 e. The van der Waals surface area contributed by atoms with Crippen molar-refractivity contribution in [3.05, 3.63) is 46.2 Å². The van der Waals surface area contributed by atoms with Gasteiger partial charge in [-0.2, -0.15) is 4.31 Å². The quantitative estimate of drug-likeness (QED) is 0.880. The van der Waals surface area contributed by atoms with Gasteiger partial charge >= 0.3 is 0 Å². The predicted octanol–water partition coefficient (Wildman–Crippen LogP) is 2.63. The van der Waals surface area contributed by atoms with Crippen LogP contribution in [0.2, 0.25) is 0 Å². The number of amides is 1. The Morgan fingerprint density at radius 1 is 1.40 bits per heavy atom. The zero-order chi connectivity index (χ0) is 18.2. The smallest absolute Gasteiger partial charge is 0.257 e. The summed E-state index contributed by atoms with van der Waals surface area (Å²) in [5.41, 5.74) is 1.01. The number of nitrogens with one attached hydrogen (secondary N) is 1. The van der Waals surface area contributed by atoms with Crippen molar-refractivity contribution in [2.75, 3.05) is 11.9 Å². The van der Waals surface area contributed by atoms with E-state index < -0.39 is 27.0 Å². The summed E-state index contributed by atoms with van der Waals surface area (Å²) in [5, 5.41) is 2.57. The van der Waals surface area contributed by atoms with Gasteiger partial charge in [-0.3, -0.25) is 10.1 Å². The maximum Gasteiger partial charge on any atom is 0.257 e. The van der Waals surface area contributed by atoms with Gasteiger partial charge in [0.2, 0.25) is 10.0 Å². The van der Waals surface area contributed by atoms with Crippen molar-refractivity contribution < 1.29 is 17.6 Å². The zero-order valence-electron chi connectivity index (χ0n) is 13.8. The van der Waals surface area contributed by atoms with Crippen LogP contribution in [0.4, 0.5) is 9.52 Å². The number of benzene rings is 1. The number of fused-ring (bicyclic) bond motifs is 1. The molecule has 3 rings (SSSR count). The van der Waals surface area contributed by atoms with Crippen LogP contribution in [0.1, 0.15) is 34.8 Å². The standard InChI is InChI=1S/C16H18FN3O3S2/c1-10(2)25(22,23)20-7-6-13-14(9-20)24-16(18-13)19-15(21)11-4-3-5-12(17)8-11/h3-5,8,10H,6-7,9H2,1-2H3,(H,18,19,21). The molecule has 0 saturated carbocycles. The molecule has 0 aliphatic carbocycles. The van der Waals surface area contributed by atoms with Crippen LogP contribution in [-0.4, -0.2) is 35.4 Å². The second kappa shape index (κ2) is 6.81. The minimum atomic E-state index is -3.32. The zero-order valence-corrected chi connectivity index (χ0v) is 15.5. The van der Waals surface area contributed by atoms with Crippen molar-refractivity contribution in [3.8, 4) is 0 Å². The molecule has 0 atom stereocenters. The van der Waals surface area contributed by atoms with Crippen molar-refractivity contribution in [2.45, 2.75) is 32.1 Å². The number of aromatic nitrogens is 1. The van der Waals surface area contributed by atoms with E-state index in [0.717, 1.165) is 16.6 Å². The lowest BCUT2D eigenvalue weighted by atomic mass is 10.2. The molecule has 0 fully saturated rings. The number of hydrogen-bond acceptors (Lipinski definition) is 5. The number of carbonyl (C=O) groups excluding carboxylic acids is 1. The first-order valence-corrected chi connectivity index (χ1v) is 10.1. The molecule has 2 aromatic rings. The molecule has 0 radical (unpaired) electrons. The van der Waals surface area contributed by atoms with Gasteiger partial charge in [0.15, 0.2) is 5.13 Å². The summed E-state index contributed by atoms with van der Waals surface area (Å²) >= 11 is 1.25. The summed E-state index contributed by atoms with van der Waals surface area (Å²) in [6.07, 6.45) is 0.508. The van der Waals surface area contributed by atoms with Crippen LogP contribution in [0.15, 0.2) is 24.3 Å². The Balaban J connectivity index is 1.76. The second-order valence-corrected chi connectivity index (χ2v) is 9.60. The number of nitrogens with zero attached hydrogens (tertiary/aromatic N) is 2. The lowest BCUT2D eigenvalue weighted by molar-refractivity contribution is 0.102. The highest BCUT2D eigenvalue weighted by atomic mass is 32.2. The minimum absolute atomic E-state index is 0.206. The summed E-state index contributed by atoms with van der Waals surface area (Å²) in [6.45, 7) is 3.96. The van der Waals surface area contributed by atoms with Crippen molar-refractivity contribution in [1.82, 2.24) is 9.29 Å². The van der Waals surface area contributed by atoms with Crippen LogP contribution < -0.4 is 5.32 Å². The monoisotopic (exact) mass is 383 g/mol. The first kappa shape index (κ1) is 18.0. The molecule has 0 bridgehead atoms. The van der Waals surface area contributed by atoms with Gasteiger partial charge < -0.3 is 0 Å². The van der Waals surface area contributed by atoms with Gasteiger partial charge in [0.25, 0.3) is 5.91 Å². The average molecular weight is 383 g/mol. The minimum Gasteiger partial charge on any atom is -0.298 e. The number of halogens is 1. The summed E-state index contributed by atoms with van der Waals surface area (Å²) < 4.78 is 39.3. The van der Waals surface area contributed by atoms with Crippen molar-refractivity contribution in [2.24, 2.45) is 0 Å². The molecule has 0 spiro atoms. The fourth-order valence-electron chi connectivity index (χ4n) is 2.54. The predicted molar refractivity (Wildman–Crippen MR) is 94.6 cm³/mol. The Labute approximate surface area is 149 Å². The first-order chi connectivity index (χ1) is 11.8. The number of anilines is 1. The normalized spacial score (nSPS) is 15.2. The summed E-state index contributed by atoms with van der Waals surface area (Å²) in [5.74, 6) is -0.933. The Kier molecular flexibility index (Phi) is 4.90. The van der Waals surface area contributed by atoms with Gasteiger partial charge in [-0.1, -0.05) is 6.07 Å². The third kappa shape index (κ3) is 3.73. The van der Waals surface area contributed by atoms with Crippen LogP contribution in [0.3, 0.4) is 0 Å². The van der Waals surface area contributed by atoms with Crippen molar-refractivity contribution in [3.63, 3.8) is 0 Å². The first-order valence-electron chi connectivity index (χ1n) is 7.82. The lowest BCUT2D eigenvalue weighted by Gasteiger charge is -2.26. The van der Waals surface area contributed by atoms with Gasteiger partial charge in [0, 0.05) is 30.0 Å². The molecule has 1 aromatic heterocycles. The molecule has 1 aliphatic heterocycles. The summed E-state index contributed by atoms with van der Waals surface area (Å²) in [6, 6.07) is 5.40. The number of carbonyl (C=O) groups is 1. The van der Waals surface area contributed by atoms with E-state index >= 15 is 0 Å². The Morgan fingerprint density at radius 3 is 2.84 bits per heavy atom. The van der Waals surface area contributed by atoms with Crippen LogP contribution in [0.5, 0.6) is 0 Å². The number of rotatable bonds is 4. The van der Waals surface area contributed by atoms with Crippen molar-refractivity contribution >= 4 is 32.4 Å².